The zero-order valence-corrected chi connectivity index (χ0v) is 5.78. The van der Waals surface area contributed by atoms with Crippen LogP contribution in [0, 0.1) is 0 Å². The third-order valence-corrected chi connectivity index (χ3v) is 2.24. The average molecular weight is 130 g/mol. The summed E-state index contributed by atoms with van der Waals surface area (Å²) < 4.78 is 5.10. The van der Waals surface area contributed by atoms with Gasteiger partial charge in [0.1, 0.15) is 5.44 Å². The Labute approximate surface area is 54.1 Å². The predicted molar refractivity (Wildman–Crippen MR) is 36.8 cm³/mol. The van der Waals surface area contributed by atoms with Gasteiger partial charge in [-0.3, -0.25) is 0 Å². The molecule has 0 radical (unpaired) electrons. The molecule has 1 atom stereocenters. The Hall–Kier alpha value is 0.0500. The van der Waals surface area contributed by atoms with Crippen LogP contribution in [-0.2, 0) is 4.74 Å². The maximum absolute atomic E-state index is 5.10. The molecule has 0 saturated heterocycles. The Morgan fingerprint density at radius 1 is 1.75 bits per heavy atom. The quantitative estimate of drug-likeness (QED) is 0.537. The van der Waals surface area contributed by atoms with Gasteiger partial charge in [-0.05, 0) is 18.2 Å². The molecule has 0 amide bonds. The van der Waals surface area contributed by atoms with Crippen molar-refractivity contribution in [3.05, 3.63) is 11.5 Å². The fraction of sp³-hybridized carbons (Fsp3) is 0.667. The van der Waals surface area contributed by atoms with E-state index in [1.807, 2.05) is 0 Å². The van der Waals surface area contributed by atoms with Gasteiger partial charge in [0.2, 0.25) is 0 Å². The van der Waals surface area contributed by atoms with Crippen molar-refractivity contribution in [1.29, 1.82) is 0 Å². The average Bonchev–Trinajstić information content (AvgIpc) is 1.90. The van der Waals surface area contributed by atoms with Crippen molar-refractivity contribution >= 4 is 11.8 Å². The molecule has 0 fully saturated rings. The highest BCUT2D eigenvalue weighted by molar-refractivity contribution is 8.02. The lowest BCUT2D eigenvalue weighted by Gasteiger charge is -2.13. The summed E-state index contributed by atoms with van der Waals surface area (Å²) in [6.07, 6.45) is 4.52. The molecule has 0 aromatic heterocycles. The number of hydrogen-bond acceptors (Lipinski definition) is 2. The maximum Gasteiger partial charge on any atom is 0.107 e. The standard InChI is InChI=1S/C6H10OS/c1-7-6-4-2-3-5-8-6/h3,5-6H,2,4H2,1H3. The fourth-order valence-corrected chi connectivity index (χ4v) is 1.49. The molecule has 46 valence electrons. The number of rotatable bonds is 1. The normalized spacial score (nSPS) is 28.4. The van der Waals surface area contributed by atoms with Crippen molar-refractivity contribution in [3.63, 3.8) is 0 Å². The van der Waals surface area contributed by atoms with Gasteiger partial charge in [0.25, 0.3) is 0 Å². The van der Waals surface area contributed by atoms with E-state index in [9.17, 15) is 0 Å². The van der Waals surface area contributed by atoms with E-state index in [1.54, 1.807) is 18.9 Å². The first-order valence-corrected chi connectivity index (χ1v) is 3.71. The number of hydrogen-bond donors (Lipinski definition) is 0. The van der Waals surface area contributed by atoms with Crippen LogP contribution >= 0.6 is 11.8 Å². The van der Waals surface area contributed by atoms with Crippen LogP contribution in [0.3, 0.4) is 0 Å². The lowest BCUT2D eigenvalue weighted by atomic mass is 10.3. The van der Waals surface area contributed by atoms with Crippen molar-refractivity contribution in [1.82, 2.24) is 0 Å². The third kappa shape index (κ3) is 1.53. The molecule has 8 heavy (non-hydrogen) atoms. The van der Waals surface area contributed by atoms with Gasteiger partial charge in [-0.2, -0.15) is 0 Å². The van der Waals surface area contributed by atoms with Crippen LogP contribution in [0.4, 0.5) is 0 Å². The smallest absolute Gasteiger partial charge is 0.107 e. The molecule has 1 heterocycles. The molecule has 0 bridgehead atoms. The molecule has 0 aromatic rings. The van der Waals surface area contributed by atoms with E-state index < -0.39 is 0 Å². The second-order valence-corrected chi connectivity index (χ2v) is 2.82. The summed E-state index contributed by atoms with van der Waals surface area (Å²) in [4.78, 5) is 0. The van der Waals surface area contributed by atoms with Crippen molar-refractivity contribution in [3.8, 4) is 0 Å². The second-order valence-electron chi connectivity index (χ2n) is 1.75. The summed E-state index contributed by atoms with van der Waals surface area (Å²) in [7, 11) is 1.76. The van der Waals surface area contributed by atoms with E-state index in [2.05, 4.69) is 11.5 Å². The molecule has 0 spiro atoms. The number of ether oxygens (including phenoxy) is 1. The van der Waals surface area contributed by atoms with Crippen molar-refractivity contribution in [2.75, 3.05) is 7.11 Å². The van der Waals surface area contributed by atoms with Gasteiger partial charge in [0.15, 0.2) is 0 Å². The van der Waals surface area contributed by atoms with Gasteiger partial charge < -0.3 is 4.74 Å². The second kappa shape index (κ2) is 3.15. The summed E-state index contributed by atoms with van der Waals surface area (Å²) in [5.41, 5.74) is 0.417. The zero-order chi connectivity index (χ0) is 5.82. The van der Waals surface area contributed by atoms with Crippen LogP contribution in [0.2, 0.25) is 0 Å². The summed E-state index contributed by atoms with van der Waals surface area (Å²) in [5, 5.41) is 2.11. The van der Waals surface area contributed by atoms with Crippen molar-refractivity contribution < 1.29 is 4.74 Å². The summed E-state index contributed by atoms with van der Waals surface area (Å²) in [6.45, 7) is 0. The first kappa shape index (κ1) is 6.17. The van der Waals surface area contributed by atoms with E-state index in [0.29, 0.717) is 5.44 Å². The van der Waals surface area contributed by atoms with Gasteiger partial charge in [0, 0.05) is 7.11 Å². The number of thioether (sulfide) groups is 1. The Balaban J connectivity index is 2.27. The maximum atomic E-state index is 5.10. The van der Waals surface area contributed by atoms with Crippen LogP contribution in [0.5, 0.6) is 0 Å². The van der Waals surface area contributed by atoms with Crippen molar-refractivity contribution in [2.24, 2.45) is 0 Å². The minimum atomic E-state index is 0.417. The van der Waals surface area contributed by atoms with Gasteiger partial charge >= 0.3 is 0 Å². The minimum absolute atomic E-state index is 0.417. The highest BCUT2D eigenvalue weighted by Gasteiger charge is 2.06. The largest absolute Gasteiger partial charge is 0.370 e. The van der Waals surface area contributed by atoms with Crippen LogP contribution in [0.25, 0.3) is 0 Å². The van der Waals surface area contributed by atoms with Gasteiger partial charge in [0.05, 0.1) is 0 Å². The molecule has 2 heteroatoms. The lowest BCUT2D eigenvalue weighted by molar-refractivity contribution is 0.166. The van der Waals surface area contributed by atoms with E-state index in [1.165, 1.54) is 6.42 Å². The molecular weight excluding hydrogens is 120 g/mol. The van der Waals surface area contributed by atoms with E-state index in [-0.39, 0.29) is 0 Å². The zero-order valence-electron chi connectivity index (χ0n) is 4.96. The molecule has 0 aliphatic carbocycles. The molecular formula is C6H10OS. The predicted octanol–water partition coefficient (Wildman–Crippen LogP) is 2.00. The van der Waals surface area contributed by atoms with E-state index in [4.69, 9.17) is 4.74 Å². The number of allylic oxidation sites excluding steroid dienone is 1. The SMILES string of the molecule is COC1CCC=CS1. The molecule has 0 saturated carbocycles. The number of methoxy groups -OCH3 is 1. The molecule has 1 aliphatic heterocycles. The van der Waals surface area contributed by atoms with Crippen LogP contribution < -0.4 is 0 Å². The van der Waals surface area contributed by atoms with Crippen LogP contribution in [-0.4, -0.2) is 12.5 Å². The van der Waals surface area contributed by atoms with Crippen LogP contribution in [0.1, 0.15) is 12.8 Å². The molecule has 0 N–H and O–H groups in total. The summed E-state index contributed by atoms with van der Waals surface area (Å²) in [6, 6.07) is 0. The van der Waals surface area contributed by atoms with Gasteiger partial charge in [-0.1, -0.05) is 6.08 Å². The lowest BCUT2D eigenvalue weighted by Crippen LogP contribution is -2.05. The highest BCUT2D eigenvalue weighted by atomic mass is 32.2. The fourth-order valence-electron chi connectivity index (χ4n) is 0.685. The van der Waals surface area contributed by atoms with E-state index in [0.717, 1.165) is 6.42 Å². The summed E-state index contributed by atoms with van der Waals surface area (Å²) >= 11 is 1.76. The monoisotopic (exact) mass is 130 g/mol. The topological polar surface area (TPSA) is 9.23 Å². The minimum Gasteiger partial charge on any atom is -0.370 e. The molecule has 0 aromatic carbocycles. The molecule has 1 rings (SSSR count). The first-order valence-electron chi connectivity index (χ1n) is 2.77. The first-order chi connectivity index (χ1) is 3.93. The highest BCUT2D eigenvalue weighted by Crippen LogP contribution is 2.23. The van der Waals surface area contributed by atoms with Gasteiger partial charge in [-0.25, -0.2) is 0 Å². The van der Waals surface area contributed by atoms with Crippen molar-refractivity contribution in [2.45, 2.75) is 18.3 Å². The third-order valence-electron chi connectivity index (χ3n) is 1.16. The van der Waals surface area contributed by atoms with E-state index >= 15 is 0 Å². The van der Waals surface area contributed by atoms with Crippen LogP contribution in [0.15, 0.2) is 11.5 Å². The molecule has 1 aliphatic rings. The Morgan fingerprint density at radius 3 is 3.00 bits per heavy atom. The Kier molecular flexibility index (Phi) is 2.43. The molecule has 1 nitrogen and oxygen atoms in total. The summed E-state index contributed by atoms with van der Waals surface area (Å²) in [5.74, 6) is 0. The molecule has 1 unspecified atom stereocenters. The van der Waals surface area contributed by atoms with Gasteiger partial charge in [-0.15, -0.1) is 11.8 Å². The Bertz CT molecular complexity index is 90.5. The Morgan fingerprint density at radius 2 is 2.62 bits per heavy atom.